The summed E-state index contributed by atoms with van der Waals surface area (Å²) in [5, 5.41) is 2.60. The number of benzene rings is 8. The van der Waals surface area contributed by atoms with Crippen LogP contribution in [0.2, 0.25) is 0 Å². The van der Waals surface area contributed by atoms with Gasteiger partial charge >= 0.3 is 0 Å². The molecule has 10 rings (SSSR count). The summed E-state index contributed by atoms with van der Waals surface area (Å²) in [6.45, 7) is 4.80. The van der Waals surface area contributed by atoms with Crippen molar-refractivity contribution in [3.63, 3.8) is 0 Å². The lowest BCUT2D eigenvalue weighted by atomic mass is 9.82. The summed E-state index contributed by atoms with van der Waals surface area (Å²) < 4.78 is 2.62. The molecule has 1 heterocycles. The van der Waals surface area contributed by atoms with Crippen molar-refractivity contribution in [1.29, 1.82) is 0 Å². The predicted octanol–water partition coefficient (Wildman–Crippen LogP) is 14.8. The number of thiophene rings is 1. The van der Waals surface area contributed by atoms with Crippen molar-refractivity contribution in [3.8, 4) is 44.5 Å². The van der Waals surface area contributed by atoms with E-state index in [0.29, 0.717) is 0 Å². The quantitative estimate of drug-likeness (QED) is 0.167. The Morgan fingerprint density at radius 3 is 1.45 bits per heavy atom. The Hall–Kier alpha value is -6.22. The van der Waals surface area contributed by atoms with Crippen molar-refractivity contribution < 1.29 is 0 Å². The van der Waals surface area contributed by atoms with Crippen LogP contribution in [0.15, 0.2) is 188 Å². The Morgan fingerprint density at radius 1 is 0.415 bits per heavy atom. The first-order valence-corrected chi connectivity index (χ1v) is 19.2. The molecule has 0 saturated heterocycles. The lowest BCUT2D eigenvalue weighted by Gasteiger charge is -2.30. The molecule has 0 aliphatic heterocycles. The Morgan fingerprint density at radius 2 is 0.887 bits per heavy atom. The van der Waals surface area contributed by atoms with Gasteiger partial charge in [-0.2, -0.15) is 0 Å². The van der Waals surface area contributed by atoms with Gasteiger partial charge in [-0.05, 0) is 92.5 Å². The lowest BCUT2D eigenvalue weighted by Crippen LogP contribution is -2.16. The van der Waals surface area contributed by atoms with Gasteiger partial charge < -0.3 is 4.90 Å². The molecule has 0 amide bonds. The molecule has 53 heavy (non-hydrogen) atoms. The zero-order valence-electron chi connectivity index (χ0n) is 29.8. The SMILES string of the molecule is CC1(C)c2ccc(-c3ccccc3)cc2-c2c1cc1sc3ccccc3c1c2N(c1ccc(-c2ccccc2)cc1)c1ccc(-c2ccccc2)cc1. The second kappa shape index (κ2) is 12.5. The van der Waals surface area contributed by atoms with Crippen LogP contribution in [-0.4, -0.2) is 0 Å². The fourth-order valence-electron chi connectivity index (χ4n) is 8.38. The van der Waals surface area contributed by atoms with Crippen LogP contribution in [0.1, 0.15) is 25.0 Å². The molecule has 0 spiro atoms. The van der Waals surface area contributed by atoms with E-state index < -0.39 is 0 Å². The fourth-order valence-corrected chi connectivity index (χ4v) is 9.53. The highest BCUT2D eigenvalue weighted by molar-refractivity contribution is 7.26. The molecular formula is C51H37NS. The minimum atomic E-state index is -0.182. The Labute approximate surface area is 315 Å². The number of anilines is 3. The molecule has 1 aliphatic carbocycles. The topological polar surface area (TPSA) is 3.24 Å². The van der Waals surface area contributed by atoms with Gasteiger partial charge in [-0.25, -0.2) is 0 Å². The van der Waals surface area contributed by atoms with Gasteiger partial charge in [0, 0.05) is 42.5 Å². The van der Waals surface area contributed by atoms with Crippen molar-refractivity contribution in [2.75, 3.05) is 4.90 Å². The molecule has 0 bridgehead atoms. The van der Waals surface area contributed by atoms with Gasteiger partial charge in [0.05, 0.1) is 5.69 Å². The van der Waals surface area contributed by atoms with Gasteiger partial charge in [-0.15, -0.1) is 11.3 Å². The smallest absolute Gasteiger partial charge is 0.0636 e. The van der Waals surface area contributed by atoms with Gasteiger partial charge in [-0.1, -0.05) is 159 Å². The summed E-state index contributed by atoms with van der Waals surface area (Å²) in [4.78, 5) is 2.53. The summed E-state index contributed by atoms with van der Waals surface area (Å²) in [5.41, 5.74) is 16.0. The summed E-state index contributed by atoms with van der Waals surface area (Å²) >= 11 is 1.90. The Balaban J connectivity index is 1.28. The molecule has 1 aliphatic rings. The first kappa shape index (κ1) is 31.5. The largest absolute Gasteiger partial charge is 0.309 e. The summed E-state index contributed by atoms with van der Waals surface area (Å²) in [6, 6.07) is 69.0. The van der Waals surface area contributed by atoms with E-state index in [2.05, 4.69) is 207 Å². The van der Waals surface area contributed by atoms with E-state index >= 15 is 0 Å². The predicted molar refractivity (Wildman–Crippen MR) is 228 cm³/mol. The lowest BCUT2D eigenvalue weighted by molar-refractivity contribution is 0.661. The van der Waals surface area contributed by atoms with Crippen LogP contribution in [0.4, 0.5) is 17.1 Å². The average molecular weight is 696 g/mol. The number of fused-ring (bicyclic) bond motifs is 6. The Kier molecular flexibility index (Phi) is 7.42. The Bertz CT molecular complexity index is 2680. The number of nitrogens with zero attached hydrogens (tertiary/aromatic N) is 1. The number of hydrogen-bond donors (Lipinski definition) is 0. The fraction of sp³-hybridized carbons (Fsp3) is 0.0588. The van der Waals surface area contributed by atoms with Crippen LogP contribution < -0.4 is 4.90 Å². The normalized spacial score (nSPS) is 12.9. The van der Waals surface area contributed by atoms with E-state index in [1.165, 1.54) is 81.5 Å². The average Bonchev–Trinajstić information content (AvgIpc) is 3.70. The van der Waals surface area contributed by atoms with E-state index in [4.69, 9.17) is 0 Å². The van der Waals surface area contributed by atoms with Crippen molar-refractivity contribution in [2.45, 2.75) is 19.3 Å². The van der Waals surface area contributed by atoms with Crippen molar-refractivity contribution >= 4 is 48.6 Å². The van der Waals surface area contributed by atoms with Crippen LogP contribution in [0.25, 0.3) is 64.7 Å². The maximum atomic E-state index is 2.53. The molecule has 0 atom stereocenters. The maximum absolute atomic E-state index is 2.53. The highest BCUT2D eigenvalue weighted by Gasteiger charge is 2.40. The molecule has 9 aromatic rings. The van der Waals surface area contributed by atoms with E-state index in [0.717, 1.165) is 11.4 Å². The van der Waals surface area contributed by atoms with E-state index in [1.807, 2.05) is 11.3 Å². The van der Waals surface area contributed by atoms with Crippen LogP contribution in [0.5, 0.6) is 0 Å². The van der Waals surface area contributed by atoms with Crippen LogP contribution >= 0.6 is 11.3 Å². The third kappa shape index (κ3) is 5.21. The van der Waals surface area contributed by atoms with E-state index in [-0.39, 0.29) is 5.41 Å². The molecule has 0 saturated carbocycles. The molecule has 0 unspecified atom stereocenters. The second-order valence-corrected chi connectivity index (χ2v) is 15.6. The summed E-state index contributed by atoms with van der Waals surface area (Å²) in [5.74, 6) is 0. The second-order valence-electron chi connectivity index (χ2n) is 14.5. The molecule has 0 radical (unpaired) electrons. The van der Waals surface area contributed by atoms with Crippen LogP contribution in [-0.2, 0) is 5.41 Å². The molecule has 0 N–H and O–H groups in total. The van der Waals surface area contributed by atoms with Gasteiger partial charge in [-0.3, -0.25) is 0 Å². The number of rotatable bonds is 6. The van der Waals surface area contributed by atoms with Gasteiger partial charge in [0.25, 0.3) is 0 Å². The number of hydrogen-bond acceptors (Lipinski definition) is 2. The highest BCUT2D eigenvalue weighted by Crippen LogP contribution is 2.59. The molecule has 8 aromatic carbocycles. The molecule has 2 heteroatoms. The monoisotopic (exact) mass is 695 g/mol. The molecule has 1 aromatic heterocycles. The summed E-state index contributed by atoms with van der Waals surface area (Å²) in [6.07, 6.45) is 0. The van der Waals surface area contributed by atoms with Crippen molar-refractivity contribution in [3.05, 3.63) is 199 Å². The van der Waals surface area contributed by atoms with Crippen molar-refractivity contribution in [1.82, 2.24) is 0 Å². The van der Waals surface area contributed by atoms with Crippen LogP contribution in [0.3, 0.4) is 0 Å². The first-order chi connectivity index (χ1) is 26.0. The van der Waals surface area contributed by atoms with Gasteiger partial charge in [0.15, 0.2) is 0 Å². The van der Waals surface area contributed by atoms with Crippen LogP contribution in [0, 0.1) is 0 Å². The molecule has 0 fully saturated rings. The third-order valence-electron chi connectivity index (χ3n) is 11.1. The molecule has 1 nitrogen and oxygen atoms in total. The summed E-state index contributed by atoms with van der Waals surface area (Å²) in [7, 11) is 0. The maximum Gasteiger partial charge on any atom is 0.0636 e. The standard InChI is InChI=1S/C51H37NS/c1-51(2)44-31-26-39(36-18-10-5-11-19-36)32-43(44)48-45(51)33-47-49(42-20-12-13-21-46(42)53-47)50(48)52(40-27-22-37(23-28-40)34-14-6-3-7-15-34)41-29-24-38(25-30-41)35-16-8-4-9-17-35/h3-33H,1-2H3. The highest BCUT2D eigenvalue weighted by atomic mass is 32.1. The first-order valence-electron chi connectivity index (χ1n) is 18.3. The zero-order valence-corrected chi connectivity index (χ0v) is 30.6. The van der Waals surface area contributed by atoms with Gasteiger partial charge in [0.1, 0.15) is 0 Å². The van der Waals surface area contributed by atoms with Gasteiger partial charge in [0.2, 0.25) is 0 Å². The molecular weight excluding hydrogens is 659 g/mol. The van der Waals surface area contributed by atoms with Crippen molar-refractivity contribution in [2.24, 2.45) is 0 Å². The third-order valence-corrected chi connectivity index (χ3v) is 12.2. The zero-order chi connectivity index (χ0) is 35.5. The van der Waals surface area contributed by atoms with E-state index in [9.17, 15) is 0 Å². The minimum absolute atomic E-state index is 0.182. The van der Waals surface area contributed by atoms with E-state index in [1.54, 1.807) is 0 Å². The molecule has 252 valence electrons. The minimum Gasteiger partial charge on any atom is -0.309 e.